The molecule has 0 bridgehead atoms. The molecule has 1 aromatic heterocycles. The maximum absolute atomic E-state index is 13.6. The number of nitrogens with zero attached hydrogens (tertiary/aromatic N) is 4. The molecule has 3 heterocycles. The highest BCUT2D eigenvalue weighted by Gasteiger charge is 2.46. The van der Waals surface area contributed by atoms with Crippen LogP contribution in [0.15, 0.2) is 35.1 Å². The number of anilines is 2. The molecule has 2 aliphatic rings. The number of carbonyl (C=O) groups is 2. The number of ether oxygens (including phenoxy) is 1. The minimum absolute atomic E-state index is 0.112. The van der Waals surface area contributed by atoms with Crippen molar-refractivity contribution in [1.82, 2.24) is 14.8 Å². The summed E-state index contributed by atoms with van der Waals surface area (Å²) in [4.78, 5) is 44.7. The Morgan fingerprint density at radius 1 is 1.15 bits per heavy atom. The smallest absolute Gasteiger partial charge is 0.387 e. The average molecular weight is 629 g/mol. The van der Waals surface area contributed by atoms with Gasteiger partial charge in [0.2, 0.25) is 0 Å². The SMILES string of the molecule is CNc1cncc(C(=O)N2CCC[C@@H](Nc3c(C(=O)N4C[C@@H](C(F)(F)F)O[C@@H](C)C4)cc(Br)cc3[N+](=O)[O-])C2)c1. The van der Waals surface area contributed by atoms with Crippen LogP contribution in [-0.4, -0.2) is 89.2 Å². The Hall–Kier alpha value is -3.46. The number of carbonyl (C=O) groups excluding carboxylic acids is 2. The summed E-state index contributed by atoms with van der Waals surface area (Å²) in [7, 11) is 1.71. The van der Waals surface area contributed by atoms with Gasteiger partial charge in [-0.15, -0.1) is 0 Å². The molecule has 2 amide bonds. The first-order valence-electron chi connectivity index (χ1n) is 12.5. The van der Waals surface area contributed by atoms with E-state index in [9.17, 15) is 32.9 Å². The van der Waals surface area contributed by atoms with Crippen molar-refractivity contribution >= 4 is 44.8 Å². The zero-order valence-corrected chi connectivity index (χ0v) is 23.3. The van der Waals surface area contributed by atoms with Gasteiger partial charge in [0.25, 0.3) is 17.5 Å². The third-order valence-corrected chi connectivity index (χ3v) is 7.21. The van der Waals surface area contributed by atoms with E-state index in [0.29, 0.717) is 30.6 Å². The van der Waals surface area contributed by atoms with Gasteiger partial charge in [-0.1, -0.05) is 15.9 Å². The summed E-state index contributed by atoms with van der Waals surface area (Å²) in [5.41, 5.74) is 0.361. The highest BCUT2D eigenvalue weighted by molar-refractivity contribution is 9.10. The highest BCUT2D eigenvalue weighted by atomic mass is 79.9. The molecule has 2 N–H and O–H groups in total. The summed E-state index contributed by atoms with van der Waals surface area (Å²) in [5, 5.41) is 18.0. The number of nitrogens with one attached hydrogen (secondary N) is 2. The minimum Gasteiger partial charge on any atom is -0.387 e. The van der Waals surface area contributed by atoms with Crippen LogP contribution in [0.5, 0.6) is 0 Å². The van der Waals surface area contributed by atoms with E-state index in [1.54, 1.807) is 24.2 Å². The first-order valence-corrected chi connectivity index (χ1v) is 13.3. The van der Waals surface area contributed by atoms with Crippen molar-refractivity contribution in [2.45, 2.75) is 44.2 Å². The Labute approximate surface area is 236 Å². The Morgan fingerprint density at radius 2 is 1.90 bits per heavy atom. The van der Waals surface area contributed by atoms with Crippen LogP contribution in [0.4, 0.5) is 30.2 Å². The van der Waals surface area contributed by atoms with Gasteiger partial charge in [0.05, 0.1) is 34.4 Å². The Morgan fingerprint density at radius 3 is 2.58 bits per heavy atom. The normalized spacial score (nSPS) is 21.6. The third kappa shape index (κ3) is 6.63. The van der Waals surface area contributed by atoms with Crippen LogP contribution in [0.1, 0.15) is 40.5 Å². The summed E-state index contributed by atoms with van der Waals surface area (Å²) in [5.74, 6) is -1.06. The van der Waals surface area contributed by atoms with Gasteiger partial charge in [-0.25, -0.2) is 0 Å². The second-order valence-electron chi connectivity index (χ2n) is 9.74. The van der Waals surface area contributed by atoms with Crippen LogP contribution in [0.25, 0.3) is 0 Å². The van der Waals surface area contributed by atoms with Gasteiger partial charge in [0, 0.05) is 55.7 Å². The number of hydrogen-bond acceptors (Lipinski definition) is 8. The molecule has 3 atom stereocenters. The van der Waals surface area contributed by atoms with Crippen molar-refractivity contribution in [3.05, 3.63) is 56.3 Å². The molecule has 15 heteroatoms. The molecule has 0 saturated carbocycles. The number of benzene rings is 1. The van der Waals surface area contributed by atoms with Gasteiger partial charge in [-0.2, -0.15) is 13.2 Å². The first kappa shape index (κ1) is 29.5. The second-order valence-corrected chi connectivity index (χ2v) is 10.7. The average Bonchev–Trinajstić information content (AvgIpc) is 2.92. The molecule has 0 radical (unpaired) electrons. The van der Waals surface area contributed by atoms with E-state index in [1.807, 2.05) is 0 Å². The van der Waals surface area contributed by atoms with E-state index in [-0.39, 0.29) is 34.7 Å². The molecule has 0 unspecified atom stereocenters. The zero-order chi connectivity index (χ0) is 29.2. The van der Waals surface area contributed by atoms with Gasteiger partial charge >= 0.3 is 6.18 Å². The van der Waals surface area contributed by atoms with E-state index < -0.39 is 47.5 Å². The fourth-order valence-electron chi connectivity index (χ4n) is 4.88. The number of rotatable bonds is 6. The number of nitro groups is 1. The number of pyridine rings is 1. The molecule has 2 saturated heterocycles. The number of piperidine rings is 1. The zero-order valence-electron chi connectivity index (χ0n) is 21.7. The van der Waals surface area contributed by atoms with E-state index in [0.717, 1.165) is 4.90 Å². The molecular weight excluding hydrogens is 601 g/mol. The van der Waals surface area contributed by atoms with Crippen molar-refractivity contribution in [3.63, 3.8) is 0 Å². The van der Waals surface area contributed by atoms with Crippen LogP contribution in [0, 0.1) is 10.1 Å². The predicted molar refractivity (Wildman–Crippen MR) is 143 cm³/mol. The fraction of sp³-hybridized carbons (Fsp3) is 0.480. The molecule has 0 aliphatic carbocycles. The molecule has 216 valence electrons. The van der Waals surface area contributed by atoms with Crippen molar-refractivity contribution in [2.75, 3.05) is 43.9 Å². The predicted octanol–water partition coefficient (Wildman–Crippen LogP) is 4.30. The van der Waals surface area contributed by atoms with Crippen LogP contribution >= 0.6 is 15.9 Å². The van der Waals surface area contributed by atoms with Gasteiger partial charge < -0.3 is 25.2 Å². The molecule has 2 aromatic rings. The van der Waals surface area contributed by atoms with Crippen LogP contribution in [0.2, 0.25) is 0 Å². The van der Waals surface area contributed by atoms with Gasteiger partial charge in [0.15, 0.2) is 6.10 Å². The van der Waals surface area contributed by atoms with E-state index >= 15 is 0 Å². The number of likely N-dealkylation sites (tertiary alicyclic amines) is 1. The standard InChI is InChI=1S/C25H28BrF3N6O5/c1-14-11-34(13-21(40-14)25(27,28)29)24(37)19-7-16(26)8-20(35(38)39)22(19)32-17-4-3-5-33(12-17)23(36)15-6-18(30-2)10-31-9-15/h6-10,14,17,21,30,32H,3-5,11-13H2,1-2H3/t14-,17+,21-/m0/s1. The lowest BCUT2D eigenvalue weighted by atomic mass is 10.0. The van der Waals surface area contributed by atoms with Gasteiger partial charge in [-0.05, 0) is 31.9 Å². The molecule has 4 rings (SSSR count). The lowest BCUT2D eigenvalue weighted by Gasteiger charge is -2.38. The van der Waals surface area contributed by atoms with Gasteiger partial charge in [0.1, 0.15) is 5.69 Å². The number of hydrogen-bond donors (Lipinski definition) is 2. The largest absolute Gasteiger partial charge is 0.416 e. The first-order chi connectivity index (χ1) is 18.9. The minimum atomic E-state index is -4.68. The molecular formula is C25H28BrF3N6O5. The summed E-state index contributed by atoms with van der Waals surface area (Å²) in [6, 6.07) is 3.78. The molecule has 1 aromatic carbocycles. The van der Waals surface area contributed by atoms with Crippen molar-refractivity contribution in [1.29, 1.82) is 0 Å². The quantitative estimate of drug-likeness (QED) is 0.358. The molecule has 2 aliphatic heterocycles. The number of amides is 2. The highest BCUT2D eigenvalue weighted by Crippen LogP contribution is 2.36. The third-order valence-electron chi connectivity index (χ3n) is 6.75. The van der Waals surface area contributed by atoms with Crippen LogP contribution in [-0.2, 0) is 4.74 Å². The number of alkyl halides is 3. The maximum atomic E-state index is 13.6. The van der Waals surface area contributed by atoms with Crippen LogP contribution in [0.3, 0.4) is 0 Å². The lowest BCUT2D eigenvalue weighted by Crippen LogP contribution is -2.54. The summed E-state index contributed by atoms with van der Waals surface area (Å²) >= 11 is 3.18. The fourth-order valence-corrected chi connectivity index (χ4v) is 5.33. The molecule has 40 heavy (non-hydrogen) atoms. The molecule has 2 fully saturated rings. The van der Waals surface area contributed by atoms with E-state index in [2.05, 4.69) is 31.5 Å². The van der Waals surface area contributed by atoms with E-state index in [1.165, 1.54) is 25.3 Å². The number of morpholine rings is 1. The second kappa shape index (κ2) is 12.0. The summed E-state index contributed by atoms with van der Waals surface area (Å²) < 4.78 is 45.5. The summed E-state index contributed by atoms with van der Waals surface area (Å²) in [6.07, 6.45) is -3.58. The molecule has 11 nitrogen and oxygen atoms in total. The van der Waals surface area contributed by atoms with E-state index in [4.69, 9.17) is 4.74 Å². The van der Waals surface area contributed by atoms with Crippen molar-refractivity contribution in [2.24, 2.45) is 0 Å². The topological polar surface area (TPSA) is 130 Å². The van der Waals surface area contributed by atoms with Crippen molar-refractivity contribution in [3.8, 4) is 0 Å². The van der Waals surface area contributed by atoms with Crippen molar-refractivity contribution < 1.29 is 32.4 Å². The number of aromatic nitrogens is 1. The Bertz CT molecular complexity index is 1300. The maximum Gasteiger partial charge on any atom is 0.416 e. The van der Waals surface area contributed by atoms with Gasteiger partial charge in [-0.3, -0.25) is 24.7 Å². The number of nitro benzene ring substituents is 1. The van der Waals surface area contributed by atoms with Crippen LogP contribution < -0.4 is 10.6 Å². The molecule has 0 spiro atoms. The lowest BCUT2D eigenvalue weighted by molar-refractivity contribution is -0.384. The Balaban J connectivity index is 1.61. The number of halogens is 4. The monoisotopic (exact) mass is 628 g/mol. The summed E-state index contributed by atoms with van der Waals surface area (Å²) in [6.45, 7) is 1.22. The Kier molecular flexibility index (Phi) is 8.83.